The molecule has 0 fully saturated rings. The quantitative estimate of drug-likeness (QED) is 0.420. The zero-order valence-corrected chi connectivity index (χ0v) is 15.9. The highest BCUT2D eigenvalue weighted by molar-refractivity contribution is 6.04. The smallest absolute Gasteiger partial charge is 0.255 e. The first-order valence-corrected chi connectivity index (χ1v) is 9.55. The average molecular weight is 391 g/mol. The van der Waals surface area contributed by atoms with Gasteiger partial charge in [-0.2, -0.15) is 4.98 Å². The fraction of sp³-hybridized carbons (Fsp3) is 0. The molecule has 2 aromatic heterocycles. The lowest BCUT2D eigenvalue weighted by molar-refractivity contribution is 0.102. The first-order chi connectivity index (χ1) is 14.8. The number of nitrogens with one attached hydrogen (secondary N) is 1. The fourth-order valence-electron chi connectivity index (χ4n) is 3.27. The van der Waals surface area contributed by atoms with E-state index >= 15 is 0 Å². The number of hydrogen-bond acceptors (Lipinski definition) is 4. The highest BCUT2D eigenvalue weighted by atomic mass is 16.3. The summed E-state index contributed by atoms with van der Waals surface area (Å²) in [5.41, 5.74) is 5.39. The highest BCUT2D eigenvalue weighted by Gasteiger charge is 2.11. The van der Waals surface area contributed by atoms with Gasteiger partial charge in [0, 0.05) is 23.0 Å². The van der Waals surface area contributed by atoms with Gasteiger partial charge in [-0.1, -0.05) is 48.5 Å². The lowest BCUT2D eigenvalue weighted by atomic mass is 10.0. The van der Waals surface area contributed by atoms with Gasteiger partial charge in [0.2, 0.25) is 5.89 Å². The Balaban J connectivity index is 1.35. The minimum absolute atomic E-state index is 0.175. The maximum atomic E-state index is 12.7. The van der Waals surface area contributed by atoms with Crippen LogP contribution in [0.3, 0.4) is 0 Å². The Morgan fingerprint density at radius 3 is 2.33 bits per heavy atom. The predicted octanol–water partition coefficient (Wildman–Crippen LogP) is 5.81. The van der Waals surface area contributed by atoms with Gasteiger partial charge >= 0.3 is 0 Å². The third kappa shape index (κ3) is 3.56. The Morgan fingerprint density at radius 1 is 0.767 bits per heavy atom. The molecule has 0 saturated heterocycles. The maximum Gasteiger partial charge on any atom is 0.255 e. The standard InChI is InChI=1S/C25H17N3O2/c29-24(19-13-11-18(12-14-19)17-6-2-1-3-7-17)27-21-9-4-8-20(16-21)25-28-23-22(30-25)10-5-15-26-23/h1-16H,(H,27,29). The van der Waals surface area contributed by atoms with Crippen molar-refractivity contribution in [2.45, 2.75) is 0 Å². The van der Waals surface area contributed by atoms with Crippen LogP contribution in [0.4, 0.5) is 5.69 Å². The van der Waals surface area contributed by atoms with E-state index in [4.69, 9.17) is 4.42 Å². The molecular weight excluding hydrogens is 374 g/mol. The van der Waals surface area contributed by atoms with Crippen LogP contribution in [-0.2, 0) is 0 Å². The van der Waals surface area contributed by atoms with Crippen LogP contribution >= 0.6 is 0 Å². The molecule has 0 aliphatic heterocycles. The van der Waals surface area contributed by atoms with Crippen LogP contribution < -0.4 is 5.32 Å². The van der Waals surface area contributed by atoms with Crippen molar-refractivity contribution in [3.05, 3.63) is 103 Å². The van der Waals surface area contributed by atoms with Gasteiger partial charge in [-0.05, 0) is 53.6 Å². The van der Waals surface area contributed by atoms with E-state index in [0.29, 0.717) is 28.4 Å². The van der Waals surface area contributed by atoms with Crippen LogP contribution in [0.25, 0.3) is 33.8 Å². The van der Waals surface area contributed by atoms with Gasteiger partial charge in [0.25, 0.3) is 5.91 Å². The Labute approximate surface area is 173 Å². The topological polar surface area (TPSA) is 68.0 Å². The summed E-state index contributed by atoms with van der Waals surface area (Å²) >= 11 is 0. The second-order valence-electron chi connectivity index (χ2n) is 6.82. The number of rotatable bonds is 4. The van der Waals surface area contributed by atoms with Crippen LogP contribution in [0.1, 0.15) is 10.4 Å². The lowest BCUT2D eigenvalue weighted by Gasteiger charge is -2.07. The number of carbonyl (C=O) groups excluding carboxylic acids is 1. The van der Waals surface area contributed by atoms with Crippen LogP contribution in [0, 0.1) is 0 Å². The van der Waals surface area contributed by atoms with E-state index in [1.807, 2.05) is 84.9 Å². The summed E-state index contributed by atoms with van der Waals surface area (Å²) in [6, 6.07) is 28.6. The van der Waals surface area contributed by atoms with Crippen LogP contribution in [0.5, 0.6) is 0 Å². The summed E-state index contributed by atoms with van der Waals surface area (Å²) in [7, 11) is 0. The van der Waals surface area contributed by atoms with Crippen LogP contribution in [0.2, 0.25) is 0 Å². The van der Waals surface area contributed by atoms with E-state index in [0.717, 1.165) is 16.7 Å². The van der Waals surface area contributed by atoms with Crippen molar-refractivity contribution in [3.8, 4) is 22.6 Å². The number of anilines is 1. The van der Waals surface area contributed by atoms with Crippen molar-refractivity contribution >= 4 is 22.8 Å². The number of fused-ring (bicyclic) bond motifs is 1. The molecule has 0 bridgehead atoms. The Morgan fingerprint density at radius 2 is 1.53 bits per heavy atom. The first-order valence-electron chi connectivity index (χ1n) is 9.55. The van der Waals surface area contributed by atoms with Crippen molar-refractivity contribution in [1.82, 2.24) is 9.97 Å². The maximum absolute atomic E-state index is 12.7. The van der Waals surface area contributed by atoms with Crippen molar-refractivity contribution in [3.63, 3.8) is 0 Å². The third-order valence-corrected chi connectivity index (χ3v) is 4.79. The van der Waals surface area contributed by atoms with E-state index in [9.17, 15) is 4.79 Å². The van der Waals surface area contributed by atoms with Gasteiger partial charge in [0.15, 0.2) is 11.2 Å². The predicted molar refractivity (Wildman–Crippen MR) is 117 cm³/mol. The molecule has 30 heavy (non-hydrogen) atoms. The molecule has 1 amide bonds. The summed E-state index contributed by atoms with van der Waals surface area (Å²) in [5, 5.41) is 2.94. The minimum Gasteiger partial charge on any atom is -0.434 e. The molecule has 0 saturated carbocycles. The molecule has 0 unspecified atom stereocenters. The highest BCUT2D eigenvalue weighted by Crippen LogP contribution is 2.26. The molecule has 0 spiro atoms. The Hall–Kier alpha value is -4.25. The minimum atomic E-state index is -0.175. The summed E-state index contributed by atoms with van der Waals surface area (Å²) in [5.74, 6) is 0.290. The molecule has 144 valence electrons. The molecule has 5 nitrogen and oxygen atoms in total. The van der Waals surface area contributed by atoms with E-state index < -0.39 is 0 Å². The Bertz CT molecular complexity index is 1290. The molecule has 5 rings (SSSR count). The van der Waals surface area contributed by atoms with Gasteiger partial charge < -0.3 is 9.73 Å². The number of pyridine rings is 1. The van der Waals surface area contributed by atoms with E-state index in [1.165, 1.54) is 0 Å². The Kier molecular flexibility index (Phi) is 4.54. The van der Waals surface area contributed by atoms with Gasteiger partial charge in [-0.25, -0.2) is 4.98 Å². The van der Waals surface area contributed by atoms with E-state index in [1.54, 1.807) is 12.3 Å². The zero-order chi connectivity index (χ0) is 20.3. The lowest BCUT2D eigenvalue weighted by Crippen LogP contribution is -2.11. The number of amides is 1. The van der Waals surface area contributed by atoms with E-state index in [-0.39, 0.29) is 5.91 Å². The number of oxazole rings is 1. The number of aromatic nitrogens is 2. The molecule has 3 aromatic carbocycles. The second kappa shape index (κ2) is 7.64. The molecule has 5 aromatic rings. The molecule has 0 aliphatic carbocycles. The van der Waals surface area contributed by atoms with Crippen LogP contribution in [-0.4, -0.2) is 15.9 Å². The monoisotopic (exact) mass is 391 g/mol. The number of nitrogens with zero attached hydrogens (tertiary/aromatic N) is 2. The largest absolute Gasteiger partial charge is 0.434 e. The molecular formula is C25H17N3O2. The second-order valence-corrected chi connectivity index (χ2v) is 6.82. The molecule has 0 radical (unpaired) electrons. The summed E-state index contributed by atoms with van der Waals surface area (Å²) in [4.78, 5) is 21.3. The van der Waals surface area contributed by atoms with Gasteiger partial charge in [-0.3, -0.25) is 4.79 Å². The van der Waals surface area contributed by atoms with Crippen molar-refractivity contribution in [2.75, 3.05) is 5.32 Å². The fourth-order valence-corrected chi connectivity index (χ4v) is 3.27. The third-order valence-electron chi connectivity index (χ3n) is 4.79. The summed E-state index contributed by atoms with van der Waals surface area (Å²) in [6.07, 6.45) is 1.67. The van der Waals surface area contributed by atoms with Gasteiger partial charge in [0.05, 0.1) is 0 Å². The zero-order valence-electron chi connectivity index (χ0n) is 15.9. The van der Waals surface area contributed by atoms with E-state index in [2.05, 4.69) is 15.3 Å². The number of carbonyl (C=O) groups is 1. The molecule has 0 aliphatic rings. The van der Waals surface area contributed by atoms with Crippen molar-refractivity contribution in [1.29, 1.82) is 0 Å². The summed E-state index contributed by atoms with van der Waals surface area (Å²) < 4.78 is 5.77. The van der Waals surface area contributed by atoms with Gasteiger partial charge in [-0.15, -0.1) is 0 Å². The SMILES string of the molecule is O=C(Nc1cccc(-c2nc3ncccc3o2)c1)c1ccc(-c2ccccc2)cc1. The summed E-state index contributed by atoms with van der Waals surface area (Å²) in [6.45, 7) is 0. The average Bonchev–Trinajstić information content (AvgIpc) is 3.24. The van der Waals surface area contributed by atoms with Gasteiger partial charge in [0.1, 0.15) is 0 Å². The number of benzene rings is 3. The van der Waals surface area contributed by atoms with Crippen LogP contribution in [0.15, 0.2) is 102 Å². The molecule has 5 heteroatoms. The normalized spacial score (nSPS) is 10.8. The first kappa shape index (κ1) is 17.8. The molecule has 2 heterocycles. The molecule has 1 N–H and O–H groups in total. The van der Waals surface area contributed by atoms with Crippen molar-refractivity contribution in [2.24, 2.45) is 0 Å². The molecule has 0 atom stereocenters. The number of hydrogen-bond donors (Lipinski definition) is 1. The van der Waals surface area contributed by atoms with Crippen molar-refractivity contribution < 1.29 is 9.21 Å².